The summed E-state index contributed by atoms with van der Waals surface area (Å²) in [7, 11) is 0. The number of hydrogen-bond acceptors (Lipinski definition) is 4. The van der Waals surface area contributed by atoms with Gasteiger partial charge in [-0.3, -0.25) is 4.79 Å². The molecule has 3 atom stereocenters. The van der Waals surface area contributed by atoms with E-state index >= 15 is 0 Å². The summed E-state index contributed by atoms with van der Waals surface area (Å²) >= 11 is 0. The van der Waals surface area contributed by atoms with Gasteiger partial charge in [0.2, 0.25) is 5.91 Å². The van der Waals surface area contributed by atoms with Gasteiger partial charge in [0.05, 0.1) is 18.8 Å². The molecule has 1 unspecified atom stereocenters. The van der Waals surface area contributed by atoms with Crippen molar-refractivity contribution in [3.63, 3.8) is 0 Å². The first kappa shape index (κ1) is 47.8. The highest BCUT2D eigenvalue weighted by Crippen LogP contribution is 2.16. The Morgan fingerprint density at radius 2 is 0.857 bits per heavy atom. The van der Waals surface area contributed by atoms with Crippen LogP contribution in [-0.4, -0.2) is 46.1 Å². The van der Waals surface area contributed by atoms with Crippen LogP contribution in [0.1, 0.15) is 226 Å². The molecule has 49 heavy (non-hydrogen) atoms. The highest BCUT2D eigenvalue weighted by molar-refractivity contribution is 5.80. The normalized spacial score (nSPS) is 13.8. The monoisotopic (exact) mass is 692 g/mol. The molecular weight excluding hydrogens is 606 g/mol. The smallest absolute Gasteiger partial charge is 0.249 e. The number of amides is 1. The number of rotatable bonds is 39. The minimum absolute atomic E-state index is 0.364. The van der Waals surface area contributed by atoms with Gasteiger partial charge in [0.15, 0.2) is 0 Å². The second-order valence-corrected chi connectivity index (χ2v) is 14.9. The Morgan fingerprint density at radius 3 is 1.27 bits per heavy atom. The van der Waals surface area contributed by atoms with E-state index in [1.165, 1.54) is 173 Å². The third-order valence-electron chi connectivity index (χ3n) is 10.0. The van der Waals surface area contributed by atoms with Crippen LogP contribution in [0.2, 0.25) is 0 Å². The zero-order valence-corrected chi connectivity index (χ0v) is 32.8. The Kier molecular flexibility index (Phi) is 38.7. The van der Waals surface area contributed by atoms with Crippen molar-refractivity contribution < 1.29 is 20.1 Å². The van der Waals surface area contributed by atoms with Gasteiger partial charge in [-0.1, -0.05) is 212 Å². The maximum Gasteiger partial charge on any atom is 0.249 e. The lowest BCUT2D eigenvalue weighted by Gasteiger charge is -2.21. The predicted octanol–water partition coefficient (Wildman–Crippen LogP) is 12.2. The molecule has 0 aliphatic carbocycles. The Labute approximate surface area is 305 Å². The number of unbranched alkanes of at least 4 members (excludes halogenated alkanes) is 29. The van der Waals surface area contributed by atoms with Crippen LogP contribution < -0.4 is 5.32 Å². The minimum Gasteiger partial charge on any atom is -0.394 e. The number of nitrogens with one attached hydrogen (secondary N) is 1. The summed E-state index contributed by atoms with van der Waals surface area (Å²) in [6.07, 6.45) is 47.8. The number of carbonyl (C=O) groups is 1. The standard InChI is InChI=1S/C44H85NO4/c1-3-5-7-9-11-13-15-17-18-19-20-21-22-23-24-25-27-29-31-33-35-37-39-43(48)44(49)45-41(40-46)42(47)38-36-34-32-30-28-26-16-14-12-10-8-6-4-2/h8,10,36,38,41-43,46-48H,3-7,9,11-35,37,39-40H2,1-2H3,(H,45,49)/b10-8-,38-36+/t41-,42+,43?/m0/s1. The first-order chi connectivity index (χ1) is 24.1. The first-order valence-corrected chi connectivity index (χ1v) is 21.7. The van der Waals surface area contributed by atoms with Gasteiger partial charge >= 0.3 is 0 Å². The van der Waals surface area contributed by atoms with Crippen molar-refractivity contribution in [3.8, 4) is 0 Å². The zero-order chi connectivity index (χ0) is 35.9. The fourth-order valence-corrected chi connectivity index (χ4v) is 6.60. The molecule has 0 spiro atoms. The molecule has 0 heterocycles. The quantitative estimate of drug-likeness (QED) is 0.0381. The average Bonchev–Trinajstić information content (AvgIpc) is 3.11. The van der Waals surface area contributed by atoms with Crippen molar-refractivity contribution in [1.29, 1.82) is 0 Å². The van der Waals surface area contributed by atoms with Gasteiger partial charge in [0, 0.05) is 0 Å². The maximum atomic E-state index is 12.4. The molecule has 0 aliphatic heterocycles. The third kappa shape index (κ3) is 35.0. The summed E-state index contributed by atoms with van der Waals surface area (Å²) in [5, 5.41) is 33.1. The summed E-state index contributed by atoms with van der Waals surface area (Å²) in [6, 6.07) is -0.797. The molecule has 0 radical (unpaired) electrons. The number of hydrogen-bond donors (Lipinski definition) is 4. The molecular formula is C44H85NO4. The fraction of sp³-hybridized carbons (Fsp3) is 0.886. The van der Waals surface area contributed by atoms with Gasteiger partial charge in [-0.15, -0.1) is 0 Å². The van der Waals surface area contributed by atoms with Crippen molar-refractivity contribution >= 4 is 5.91 Å². The molecule has 0 aromatic heterocycles. The van der Waals surface area contributed by atoms with E-state index in [0.717, 1.165) is 32.1 Å². The van der Waals surface area contributed by atoms with Gasteiger partial charge in [0.25, 0.3) is 0 Å². The molecule has 0 aromatic rings. The summed E-state index contributed by atoms with van der Waals surface area (Å²) in [5.74, 6) is -0.504. The van der Waals surface area contributed by atoms with Crippen LogP contribution in [0.25, 0.3) is 0 Å². The van der Waals surface area contributed by atoms with Crippen molar-refractivity contribution in [2.24, 2.45) is 0 Å². The number of aliphatic hydroxyl groups is 3. The molecule has 0 rings (SSSR count). The van der Waals surface area contributed by atoms with Gasteiger partial charge in [-0.25, -0.2) is 0 Å². The highest BCUT2D eigenvalue weighted by atomic mass is 16.3. The maximum absolute atomic E-state index is 12.4. The summed E-state index contributed by atoms with van der Waals surface area (Å²) in [6.45, 7) is 4.13. The first-order valence-electron chi connectivity index (χ1n) is 21.7. The van der Waals surface area contributed by atoms with Crippen LogP contribution in [0.5, 0.6) is 0 Å². The Morgan fingerprint density at radius 1 is 0.490 bits per heavy atom. The summed E-state index contributed by atoms with van der Waals surface area (Å²) in [4.78, 5) is 12.4. The summed E-state index contributed by atoms with van der Waals surface area (Å²) in [5.41, 5.74) is 0. The van der Waals surface area contributed by atoms with E-state index in [-0.39, 0.29) is 6.61 Å². The topological polar surface area (TPSA) is 89.8 Å². The largest absolute Gasteiger partial charge is 0.394 e. The second-order valence-electron chi connectivity index (χ2n) is 14.9. The molecule has 0 saturated carbocycles. The van der Waals surface area contributed by atoms with E-state index in [2.05, 4.69) is 31.3 Å². The molecule has 0 bridgehead atoms. The minimum atomic E-state index is -1.09. The Bertz CT molecular complexity index is 724. The molecule has 290 valence electrons. The van der Waals surface area contributed by atoms with Crippen molar-refractivity contribution in [2.75, 3.05) is 6.61 Å². The lowest BCUT2D eigenvalue weighted by Crippen LogP contribution is -2.48. The van der Waals surface area contributed by atoms with Gasteiger partial charge in [0.1, 0.15) is 6.10 Å². The van der Waals surface area contributed by atoms with E-state index in [1.54, 1.807) is 6.08 Å². The molecule has 4 N–H and O–H groups in total. The lowest BCUT2D eigenvalue weighted by atomic mass is 10.0. The molecule has 1 amide bonds. The second kappa shape index (κ2) is 39.6. The van der Waals surface area contributed by atoms with E-state index < -0.39 is 24.2 Å². The van der Waals surface area contributed by atoms with Crippen molar-refractivity contribution in [2.45, 2.75) is 244 Å². The number of carbonyl (C=O) groups excluding carboxylic acids is 1. The molecule has 0 fully saturated rings. The van der Waals surface area contributed by atoms with Crippen molar-refractivity contribution in [1.82, 2.24) is 5.32 Å². The molecule has 0 aliphatic rings. The van der Waals surface area contributed by atoms with Gasteiger partial charge in [-0.05, 0) is 38.5 Å². The Balaban J connectivity index is 3.61. The predicted molar refractivity (Wildman–Crippen MR) is 213 cm³/mol. The number of aliphatic hydroxyl groups excluding tert-OH is 3. The summed E-state index contributed by atoms with van der Waals surface area (Å²) < 4.78 is 0. The van der Waals surface area contributed by atoms with Crippen LogP contribution in [0.4, 0.5) is 0 Å². The lowest BCUT2D eigenvalue weighted by molar-refractivity contribution is -0.131. The Hall–Kier alpha value is -1.17. The zero-order valence-electron chi connectivity index (χ0n) is 32.8. The number of allylic oxidation sites excluding steroid dienone is 3. The molecule has 0 saturated heterocycles. The van der Waals surface area contributed by atoms with E-state index in [0.29, 0.717) is 6.42 Å². The molecule has 5 nitrogen and oxygen atoms in total. The SMILES string of the molecule is CCC/C=C\CCCCCCCC/C=C/[C@@H](O)[C@H](CO)NC(=O)C(O)CCCCCCCCCCCCCCCCCCCCCCCC. The fourth-order valence-electron chi connectivity index (χ4n) is 6.60. The highest BCUT2D eigenvalue weighted by Gasteiger charge is 2.22. The van der Waals surface area contributed by atoms with E-state index in [9.17, 15) is 20.1 Å². The third-order valence-corrected chi connectivity index (χ3v) is 10.0. The molecule has 0 aromatic carbocycles. The molecule has 5 heteroatoms. The van der Waals surface area contributed by atoms with E-state index in [4.69, 9.17) is 0 Å². The van der Waals surface area contributed by atoms with Crippen LogP contribution in [0, 0.1) is 0 Å². The van der Waals surface area contributed by atoms with Gasteiger partial charge in [-0.2, -0.15) is 0 Å². The van der Waals surface area contributed by atoms with Crippen LogP contribution in [-0.2, 0) is 4.79 Å². The van der Waals surface area contributed by atoms with Crippen molar-refractivity contribution in [3.05, 3.63) is 24.3 Å². The van der Waals surface area contributed by atoms with Crippen LogP contribution >= 0.6 is 0 Å². The van der Waals surface area contributed by atoms with Gasteiger partial charge < -0.3 is 20.6 Å². The van der Waals surface area contributed by atoms with Crippen LogP contribution in [0.15, 0.2) is 24.3 Å². The van der Waals surface area contributed by atoms with Crippen LogP contribution in [0.3, 0.4) is 0 Å². The van der Waals surface area contributed by atoms with E-state index in [1.807, 2.05) is 6.08 Å². The average molecular weight is 692 g/mol.